The molecule has 0 saturated heterocycles. The summed E-state index contributed by atoms with van der Waals surface area (Å²) >= 11 is 4.80. The highest BCUT2D eigenvalue weighted by atomic mass is 79.9. The number of ether oxygens (including phenoxy) is 2. The minimum absolute atomic E-state index is 0.193. The molecule has 0 amide bonds. The van der Waals surface area contributed by atoms with Crippen LogP contribution in [0.25, 0.3) is 11.8 Å². The number of esters is 1. The second-order valence-corrected chi connectivity index (χ2v) is 12.7. The van der Waals surface area contributed by atoms with E-state index in [9.17, 15) is 9.59 Å². The molecule has 3 aromatic carbocycles. The molecule has 3 heterocycles. The molecule has 45 heavy (non-hydrogen) atoms. The minimum Gasteiger partial charge on any atom is -0.489 e. The Labute approximate surface area is 273 Å². The fourth-order valence-electron chi connectivity index (χ4n) is 5.73. The average molecular weight is 683 g/mol. The van der Waals surface area contributed by atoms with Crippen molar-refractivity contribution in [1.29, 1.82) is 0 Å². The fraction of sp³-hybridized carbons (Fsp3) is 0.194. The Morgan fingerprint density at radius 3 is 2.40 bits per heavy atom. The molecule has 0 radical (unpaired) electrons. The number of thiazole rings is 1. The van der Waals surface area contributed by atoms with E-state index in [4.69, 9.17) is 14.5 Å². The molecule has 0 fully saturated rings. The molecule has 0 spiro atoms. The second kappa shape index (κ2) is 12.9. The van der Waals surface area contributed by atoms with Crippen LogP contribution in [0.5, 0.6) is 5.75 Å². The first-order chi connectivity index (χ1) is 21.8. The summed E-state index contributed by atoms with van der Waals surface area (Å²) in [4.78, 5) is 32.4. The molecule has 7 nitrogen and oxygen atoms in total. The van der Waals surface area contributed by atoms with Crippen molar-refractivity contribution in [2.24, 2.45) is 4.99 Å². The van der Waals surface area contributed by atoms with Gasteiger partial charge in [0, 0.05) is 21.5 Å². The van der Waals surface area contributed by atoms with E-state index in [0.717, 1.165) is 44.0 Å². The summed E-state index contributed by atoms with van der Waals surface area (Å²) < 4.78 is 16.5. The van der Waals surface area contributed by atoms with Crippen LogP contribution in [-0.2, 0) is 16.1 Å². The number of hydrogen-bond donors (Lipinski definition) is 0. The first-order valence-electron chi connectivity index (χ1n) is 14.6. The van der Waals surface area contributed by atoms with Crippen molar-refractivity contribution < 1.29 is 14.3 Å². The number of methoxy groups -OCH3 is 1. The van der Waals surface area contributed by atoms with Gasteiger partial charge in [0.15, 0.2) is 4.80 Å². The normalized spacial score (nSPS) is 14.7. The van der Waals surface area contributed by atoms with Gasteiger partial charge in [-0.1, -0.05) is 76.7 Å². The maximum Gasteiger partial charge on any atom is 0.338 e. The number of carbonyl (C=O) groups is 1. The Hall–Kier alpha value is -4.47. The molecule has 0 bridgehead atoms. The molecule has 5 aromatic rings. The third kappa shape index (κ3) is 5.98. The van der Waals surface area contributed by atoms with Crippen molar-refractivity contribution in [2.45, 2.75) is 39.8 Å². The number of rotatable bonds is 8. The van der Waals surface area contributed by atoms with Gasteiger partial charge in [-0.25, -0.2) is 9.79 Å². The summed E-state index contributed by atoms with van der Waals surface area (Å²) in [5.74, 6) is 0.309. The predicted molar refractivity (Wildman–Crippen MR) is 181 cm³/mol. The number of nitrogens with zero attached hydrogens (tertiary/aromatic N) is 3. The highest BCUT2D eigenvalue weighted by molar-refractivity contribution is 9.10. The van der Waals surface area contributed by atoms with Crippen molar-refractivity contribution in [3.05, 3.63) is 148 Å². The Morgan fingerprint density at radius 2 is 1.73 bits per heavy atom. The van der Waals surface area contributed by atoms with Crippen LogP contribution in [0.2, 0.25) is 0 Å². The highest BCUT2D eigenvalue weighted by Crippen LogP contribution is 2.32. The third-order valence-electron chi connectivity index (χ3n) is 7.94. The zero-order valence-electron chi connectivity index (χ0n) is 25.4. The van der Waals surface area contributed by atoms with Gasteiger partial charge in [0.05, 0.1) is 29.0 Å². The van der Waals surface area contributed by atoms with Crippen LogP contribution in [0.3, 0.4) is 0 Å². The molecule has 1 atom stereocenters. The standard InChI is InChI=1S/C36H32BrN3O4S/c1-5-30-32(35(42)43-4)33(25-9-7-6-8-10-25)40-34(41)31(45-36(40)38-30)20-26-19-22(2)39(23(26)3)28-15-17-29(18-16-28)44-21-24-11-13-27(37)14-12-24/h6-20,33H,5,21H2,1-4H3/b31-20+/t33-/m0/s1. The Bertz CT molecular complexity index is 2090. The maximum absolute atomic E-state index is 14.0. The van der Waals surface area contributed by atoms with E-state index in [-0.39, 0.29) is 5.56 Å². The van der Waals surface area contributed by atoms with Crippen LogP contribution in [0.1, 0.15) is 47.5 Å². The van der Waals surface area contributed by atoms with Gasteiger partial charge in [-0.2, -0.15) is 0 Å². The smallest absolute Gasteiger partial charge is 0.338 e. The first kappa shape index (κ1) is 30.6. The van der Waals surface area contributed by atoms with Gasteiger partial charge in [0.25, 0.3) is 5.56 Å². The predicted octanol–water partition coefficient (Wildman–Crippen LogP) is 6.55. The van der Waals surface area contributed by atoms with E-state index in [1.165, 1.54) is 18.4 Å². The third-order valence-corrected chi connectivity index (χ3v) is 9.45. The Kier molecular flexibility index (Phi) is 8.74. The van der Waals surface area contributed by atoms with Crippen LogP contribution in [0, 0.1) is 13.8 Å². The minimum atomic E-state index is -0.621. The lowest BCUT2D eigenvalue weighted by Crippen LogP contribution is -2.40. The number of aryl methyl sites for hydroxylation is 1. The molecule has 0 unspecified atom stereocenters. The van der Waals surface area contributed by atoms with Crippen molar-refractivity contribution in [3.63, 3.8) is 0 Å². The molecule has 9 heteroatoms. The lowest BCUT2D eigenvalue weighted by molar-refractivity contribution is -0.136. The lowest BCUT2D eigenvalue weighted by Gasteiger charge is -2.25. The average Bonchev–Trinajstić information content (AvgIpc) is 3.53. The van der Waals surface area contributed by atoms with Crippen LogP contribution >= 0.6 is 27.3 Å². The van der Waals surface area contributed by atoms with Crippen LogP contribution < -0.4 is 19.6 Å². The molecule has 1 aliphatic heterocycles. The van der Waals surface area contributed by atoms with Gasteiger partial charge in [-0.3, -0.25) is 9.36 Å². The molecule has 0 aliphatic carbocycles. The van der Waals surface area contributed by atoms with E-state index in [2.05, 4.69) is 33.5 Å². The van der Waals surface area contributed by atoms with Gasteiger partial charge in [0.1, 0.15) is 12.4 Å². The van der Waals surface area contributed by atoms with Gasteiger partial charge in [-0.05, 0) is 85.5 Å². The zero-order valence-corrected chi connectivity index (χ0v) is 27.8. The maximum atomic E-state index is 14.0. The summed E-state index contributed by atoms with van der Waals surface area (Å²) in [6.45, 7) is 6.54. The molecule has 2 aromatic heterocycles. The molecular formula is C36H32BrN3O4S. The summed E-state index contributed by atoms with van der Waals surface area (Å²) in [6, 6.07) is 27.1. The molecule has 1 aliphatic rings. The number of hydrogen-bond acceptors (Lipinski definition) is 6. The monoisotopic (exact) mass is 681 g/mol. The van der Waals surface area contributed by atoms with Gasteiger partial charge in [-0.15, -0.1) is 0 Å². The van der Waals surface area contributed by atoms with E-state index < -0.39 is 12.0 Å². The van der Waals surface area contributed by atoms with E-state index >= 15 is 0 Å². The number of halogens is 1. The molecule has 228 valence electrons. The van der Waals surface area contributed by atoms with Gasteiger partial charge in [0.2, 0.25) is 0 Å². The van der Waals surface area contributed by atoms with Crippen LogP contribution in [0.15, 0.2) is 110 Å². The van der Waals surface area contributed by atoms with E-state index in [1.54, 1.807) is 4.57 Å². The Balaban J connectivity index is 1.35. The topological polar surface area (TPSA) is 74.8 Å². The van der Waals surface area contributed by atoms with Crippen molar-refractivity contribution in [3.8, 4) is 11.4 Å². The molecule has 0 saturated carbocycles. The summed E-state index contributed by atoms with van der Waals surface area (Å²) in [7, 11) is 1.36. The lowest BCUT2D eigenvalue weighted by atomic mass is 9.95. The van der Waals surface area contributed by atoms with Crippen molar-refractivity contribution >= 4 is 39.3 Å². The SMILES string of the molecule is CCC1=C(C(=O)OC)[C@H](c2ccccc2)n2c(s/c(=C/c3cc(C)n(-c4ccc(OCc5ccc(Br)cc5)cc4)c3C)c2=O)=N1. The number of fused-ring (bicyclic) bond motifs is 1. The molecule has 6 rings (SSSR count). The number of benzene rings is 3. The largest absolute Gasteiger partial charge is 0.489 e. The number of allylic oxidation sites excluding steroid dienone is 1. The molecule has 0 N–H and O–H groups in total. The van der Waals surface area contributed by atoms with Gasteiger partial charge >= 0.3 is 5.97 Å². The van der Waals surface area contributed by atoms with Gasteiger partial charge < -0.3 is 14.0 Å². The summed E-state index contributed by atoms with van der Waals surface area (Å²) in [5.41, 5.74) is 6.74. The number of aromatic nitrogens is 2. The fourth-order valence-corrected chi connectivity index (χ4v) is 7.00. The molecular weight excluding hydrogens is 650 g/mol. The van der Waals surface area contributed by atoms with Crippen molar-refractivity contribution in [1.82, 2.24) is 9.13 Å². The summed E-state index contributed by atoms with van der Waals surface area (Å²) in [5, 5.41) is 0. The summed E-state index contributed by atoms with van der Waals surface area (Å²) in [6.07, 6.45) is 2.46. The van der Waals surface area contributed by atoms with Crippen LogP contribution in [-0.4, -0.2) is 22.2 Å². The quantitative estimate of drug-likeness (QED) is 0.174. The van der Waals surface area contributed by atoms with Crippen molar-refractivity contribution in [2.75, 3.05) is 7.11 Å². The van der Waals surface area contributed by atoms with Crippen LogP contribution in [0.4, 0.5) is 0 Å². The Morgan fingerprint density at radius 1 is 1.02 bits per heavy atom. The second-order valence-electron chi connectivity index (χ2n) is 10.8. The first-order valence-corrected chi connectivity index (χ1v) is 16.2. The number of carbonyl (C=O) groups excluding carboxylic acids is 1. The van der Waals surface area contributed by atoms with E-state index in [1.807, 2.05) is 98.8 Å². The highest BCUT2D eigenvalue weighted by Gasteiger charge is 2.33. The zero-order chi connectivity index (χ0) is 31.7. The van der Waals surface area contributed by atoms with E-state index in [0.29, 0.717) is 33.6 Å².